The maximum atomic E-state index is 3.68. The topological polar surface area (TPSA) is 15.3 Å². The fraction of sp³-hybridized carbons (Fsp3) is 0.600. The lowest BCUT2D eigenvalue weighted by Crippen LogP contribution is -2.55. The highest BCUT2D eigenvalue weighted by Crippen LogP contribution is 2.28. The van der Waals surface area contributed by atoms with Gasteiger partial charge >= 0.3 is 0 Å². The van der Waals surface area contributed by atoms with Crippen LogP contribution in [0.1, 0.15) is 32.4 Å². The molecule has 2 atom stereocenters. The molecular weight excluding hydrogens is 208 g/mol. The molecule has 1 aromatic carbocycles. The van der Waals surface area contributed by atoms with E-state index in [1.807, 2.05) is 0 Å². The Labute approximate surface area is 105 Å². The number of nitrogens with one attached hydrogen (secondary N) is 1. The zero-order chi connectivity index (χ0) is 12.5. The molecule has 0 radical (unpaired) electrons. The fourth-order valence-electron chi connectivity index (χ4n) is 2.77. The Morgan fingerprint density at radius 3 is 2.35 bits per heavy atom. The average Bonchev–Trinajstić information content (AvgIpc) is 2.28. The van der Waals surface area contributed by atoms with E-state index in [1.165, 1.54) is 5.56 Å². The molecule has 0 aromatic heterocycles. The van der Waals surface area contributed by atoms with E-state index < -0.39 is 0 Å². The van der Waals surface area contributed by atoms with Crippen molar-refractivity contribution >= 4 is 0 Å². The molecule has 2 unspecified atom stereocenters. The molecule has 1 aliphatic heterocycles. The lowest BCUT2D eigenvalue weighted by molar-refractivity contribution is 0.0789. The van der Waals surface area contributed by atoms with E-state index >= 15 is 0 Å². The molecule has 2 heteroatoms. The van der Waals surface area contributed by atoms with Crippen LogP contribution in [0.4, 0.5) is 0 Å². The summed E-state index contributed by atoms with van der Waals surface area (Å²) in [7, 11) is 2.24. The monoisotopic (exact) mass is 232 g/mol. The van der Waals surface area contributed by atoms with E-state index in [-0.39, 0.29) is 0 Å². The van der Waals surface area contributed by atoms with E-state index in [4.69, 9.17) is 0 Å². The van der Waals surface area contributed by atoms with Crippen LogP contribution in [0.3, 0.4) is 0 Å². The summed E-state index contributed by atoms with van der Waals surface area (Å²) in [6, 6.07) is 11.8. The van der Waals surface area contributed by atoms with Crippen molar-refractivity contribution < 1.29 is 0 Å². The number of benzene rings is 1. The molecule has 1 saturated heterocycles. The predicted octanol–water partition coefficient (Wildman–Crippen LogP) is 2.68. The van der Waals surface area contributed by atoms with Crippen LogP contribution in [-0.2, 0) is 0 Å². The molecule has 0 bridgehead atoms. The first kappa shape index (κ1) is 12.6. The van der Waals surface area contributed by atoms with Crippen molar-refractivity contribution in [3.8, 4) is 0 Å². The summed E-state index contributed by atoms with van der Waals surface area (Å²) in [5.41, 5.74) is 1.73. The van der Waals surface area contributed by atoms with Crippen LogP contribution in [-0.4, -0.2) is 31.1 Å². The first-order chi connectivity index (χ1) is 7.98. The van der Waals surface area contributed by atoms with Crippen LogP contribution in [0.5, 0.6) is 0 Å². The SMILES string of the molecule is CN1CC(c2ccccc2)NCC1C(C)(C)C. The second-order valence-electron chi connectivity index (χ2n) is 6.19. The van der Waals surface area contributed by atoms with Gasteiger partial charge in [0.1, 0.15) is 0 Å². The molecule has 0 saturated carbocycles. The lowest BCUT2D eigenvalue weighted by atomic mass is 9.84. The summed E-state index contributed by atoms with van der Waals surface area (Å²) in [4.78, 5) is 2.49. The quantitative estimate of drug-likeness (QED) is 0.801. The minimum atomic E-state index is 0.337. The minimum Gasteiger partial charge on any atom is -0.307 e. The first-order valence-electron chi connectivity index (χ1n) is 6.47. The van der Waals surface area contributed by atoms with Gasteiger partial charge in [0.15, 0.2) is 0 Å². The second kappa shape index (κ2) is 4.79. The van der Waals surface area contributed by atoms with Gasteiger partial charge in [0.05, 0.1) is 0 Å². The zero-order valence-electron chi connectivity index (χ0n) is 11.4. The van der Waals surface area contributed by atoms with Gasteiger partial charge in [0.25, 0.3) is 0 Å². The molecule has 17 heavy (non-hydrogen) atoms. The van der Waals surface area contributed by atoms with Gasteiger partial charge in [-0.1, -0.05) is 51.1 Å². The molecular formula is C15H24N2. The molecule has 2 rings (SSSR count). The molecule has 2 nitrogen and oxygen atoms in total. The van der Waals surface area contributed by atoms with Gasteiger partial charge in [-0.15, -0.1) is 0 Å². The van der Waals surface area contributed by atoms with Crippen LogP contribution in [0.2, 0.25) is 0 Å². The van der Waals surface area contributed by atoms with Crippen LogP contribution < -0.4 is 5.32 Å². The maximum absolute atomic E-state index is 3.68. The van der Waals surface area contributed by atoms with Crippen molar-refractivity contribution in [2.24, 2.45) is 5.41 Å². The van der Waals surface area contributed by atoms with Crippen molar-refractivity contribution in [3.05, 3.63) is 35.9 Å². The third kappa shape index (κ3) is 2.88. The normalized spacial score (nSPS) is 27.1. The average molecular weight is 232 g/mol. The van der Waals surface area contributed by atoms with Gasteiger partial charge in [-0.2, -0.15) is 0 Å². The Morgan fingerprint density at radius 2 is 1.82 bits per heavy atom. The van der Waals surface area contributed by atoms with Crippen molar-refractivity contribution in [1.29, 1.82) is 0 Å². The third-order valence-electron chi connectivity index (χ3n) is 3.76. The van der Waals surface area contributed by atoms with Crippen molar-refractivity contribution in [2.75, 3.05) is 20.1 Å². The van der Waals surface area contributed by atoms with E-state index in [0.717, 1.165) is 13.1 Å². The van der Waals surface area contributed by atoms with E-state index in [1.54, 1.807) is 0 Å². The molecule has 0 spiro atoms. The van der Waals surface area contributed by atoms with Crippen molar-refractivity contribution in [2.45, 2.75) is 32.9 Å². The van der Waals surface area contributed by atoms with E-state index in [9.17, 15) is 0 Å². The standard InChI is InChI=1S/C15H24N2/c1-15(2,3)14-10-16-13(11-17(14)4)12-8-6-5-7-9-12/h5-9,13-14,16H,10-11H2,1-4H3. The van der Waals surface area contributed by atoms with Crippen LogP contribution >= 0.6 is 0 Å². The van der Waals surface area contributed by atoms with E-state index in [0.29, 0.717) is 17.5 Å². The minimum absolute atomic E-state index is 0.337. The number of piperazine rings is 1. The third-order valence-corrected chi connectivity index (χ3v) is 3.76. The molecule has 1 N–H and O–H groups in total. The van der Waals surface area contributed by atoms with Gasteiger partial charge in [-0.25, -0.2) is 0 Å². The van der Waals surface area contributed by atoms with Gasteiger partial charge in [-0.05, 0) is 18.0 Å². The van der Waals surface area contributed by atoms with Gasteiger partial charge in [-0.3, -0.25) is 4.90 Å². The summed E-state index contributed by atoms with van der Waals surface area (Å²) in [5.74, 6) is 0. The molecule has 0 amide bonds. The molecule has 1 heterocycles. The van der Waals surface area contributed by atoms with Crippen molar-refractivity contribution in [1.82, 2.24) is 10.2 Å². The van der Waals surface area contributed by atoms with Crippen molar-refractivity contribution in [3.63, 3.8) is 0 Å². The smallest absolute Gasteiger partial charge is 0.0449 e. The molecule has 1 fully saturated rings. The Hall–Kier alpha value is -0.860. The van der Waals surface area contributed by atoms with Gasteiger partial charge in [0, 0.05) is 25.2 Å². The molecule has 1 aliphatic rings. The van der Waals surface area contributed by atoms with Crippen LogP contribution in [0, 0.1) is 5.41 Å². The maximum Gasteiger partial charge on any atom is 0.0449 e. The Bertz CT molecular complexity index is 353. The van der Waals surface area contributed by atoms with Gasteiger partial charge in [0.2, 0.25) is 0 Å². The van der Waals surface area contributed by atoms with Crippen LogP contribution in [0.25, 0.3) is 0 Å². The Balaban J connectivity index is 2.05. The lowest BCUT2D eigenvalue weighted by Gasteiger charge is -2.44. The summed E-state index contributed by atoms with van der Waals surface area (Å²) >= 11 is 0. The largest absolute Gasteiger partial charge is 0.307 e. The number of hydrogen-bond donors (Lipinski definition) is 1. The highest BCUT2D eigenvalue weighted by Gasteiger charge is 2.33. The first-order valence-corrected chi connectivity index (χ1v) is 6.47. The number of rotatable bonds is 1. The van der Waals surface area contributed by atoms with E-state index in [2.05, 4.69) is 68.4 Å². The summed E-state index contributed by atoms with van der Waals surface area (Å²) < 4.78 is 0. The molecule has 1 aromatic rings. The predicted molar refractivity (Wildman–Crippen MR) is 73.1 cm³/mol. The van der Waals surface area contributed by atoms with Gasteiger partial charge < -0.3 is 5.32 Å². The second-order valence-corrected chi connectivity index (χ2v) is 6.19. The summed E-state index contributed by atoms with van der Waals surface area (Å²) in [5, 5.41) is 3.68. The molecule has 0 aliphatic carbocycles. The Morgan fingerprint density at radius 1 is 1.18 bits per heavy atom. The summed E-state index contributed by atoms with van der Waals surface area (Å²) in [6.07, 6.45) is 0. The zero-order valence-corrected chi connectivity index (χ0v) is 11.4. The summed E-state index contributed by atoms with van der Waals surface area (Å²) in [6.45, 7) is 9.11. The number of nitrogens with zero attached hydrogens (tertiary/aromatic N) is 1. The Kier molecular flexibility index (Phi) is 3.55. The number of hydrogen-bond acceptors (Lipinski definition) is 2. The number of likely N-dealkylation sites (N-methyl/N-ethyl adjacent to an activating group) is 1. The molecule has 94 valence electrons. The highest BCUT2D eigenvalue weighted by molar-refractivity contribution is 5.20. The highest BCUT2D eigenvalue weighted by atomic mass is 15.2. The van der Waals surface area contributed by atoms with Crippen LogP contribution in [0.15, 0.2) is 30.3 Å². The fourth-order valence-corrected chi connectivity index (χ4v) is 2.77.